The first-order valence-corrected chi connectivity index (χ1v) is 10.5. The number of benzene rings is 1. The maximum absolute atomic E-state index is 13.6. The van der Waals surface area contributed by atoms with Crippen molar-refractivity contribution in [2.45, 2.75) is 44.7 Å². The van der Waals surface area contributed by atoms with E-state index in [0.717, 1.165) is 41.8 Å². The second-order valence-corrected chi connectivity index (χ2v) is 8.81. The van der Waals surface area contributed by atoms with Crippen LogP contribution in [0.4, 0.5) is 5.69 Å². The third kappa shape index (κ3) is 2.23. The Kier molecular flexibility index (Phi) is 4.12. The summed E-state index contributed by atoms with van der Waals surface area (Å²) in [5.74, 6) is -1.56. The standard InChI is InChI=1S/C22H27N3O4/c1-12-10-13(2)18-14(11-12)22(21(28)23-18)17-16(15-6-4-8-25(15)22)19(26)24(20(17)27)7-5-9-29-3/h10-11,15-17H,4-9H2,1-3H3,(H,23,28). The Bertz CT molecular complexity index is 929. The van der Waals surface area contributed by atoms with Gasteiger partial charge in [0.05, 0.1) is 11.8 Å². The second-order valence-electron chi connectivity index (χ2n) is 8.81. The Morgan fingerprint density at radius 2 is 2.00 bits per heavy atom. The van der Waals surface area contributed by atoms with Crippen molar-refractivity contribution in [1.29, 1.82) is 0 Å². The van der Waals surface area contributed by atoms with Crippen LogP contribution in [0, 0.1) is 25.7 Å². The van der Waals surface area contributed by atoms with E-state index in [0.29, 0.717) is 19.6 Å². The van der Waals surface area contributed by atoms with Crippen molar-refractivity contribution < 1.29 is 19.1 Å². The van der Waals surface area contributed by atoms with Crippen LogP contribution in [0.15, 0.2) is 12.1 Å². The van der Waals surface area contributed by atoms with Gasteiger partial charge in [0, 0.05) is 37.6 Å². The number of likely N-dealkylation sites (tertiary alicyclic amines) is 1. The van der Waals surface area contributed by atoms with Gasteiger partial charge in [-0.15, -0.1) is 0 Å². The van der Waals surface area contributed by atoms with Gasteiger partial charge in [0.1, 0.15) is 5.54 Å². The molecular formula is C22H27N3O4. The van der Waals surface area contributed by atoms with E-state index in [-0.39, 0.29) is 23.8 Å². The Morgan fingerprint density at radius 3 is 2.76 bits per heavy atom. The zero-order valence-corrected chi connectivity index (χ0v) is 17.2. The molecule has 0 aliphatic carbocycles. The number of rotatable bonds is 4. The molecule has 1 N–H and O–H groups in total. The zero-order chi connectivity index (χ0) is 20.5. The fourth-order valence-electron chi connectivity index (χ4n) is 6.31. The summed E-state index contributed by atoms with van der Waals surface area (Å²) in [6.45, 7) is 5.58. The van der Waals surface area contributed by atoms with Crippen LogP contribution in [0.1, 0.15) is 36.0 Å². The summed E-state index contributed by atoms with van der Waals surface area (Å²) in [6, 6.07) is 4.02. The molecule has 7 nitrogen and oxygen atoms in total. The number of fused-ring (bicyclic) bond motifs is 7. The lowest BCUT2D eigenvalue weighted by Gasteiger charge is -2.36. The van der Waals surface area contributed by atoms with Crippen molar-refractivity contribution in [2.24, 2.45) is 11.8 Å². The number of aryl methyl sites for hydroxylation is 2. The smallest absolute Gasteiger partial charge is 0.250 e. The average Bonchev–Trinajstić information content (AvgIpc) is 3.37. The predicted octanol–water partition coefficient (Wildman–Crippen LogP) is 1.57. The number of hydrogen-bond acceptors (Lipinski definition) is 5. The van der Waals surface area contributed by atoms with Crippen LogP contribution < -0.4 is 5.32 Å². The number of imide groups is 1. The maximum atomic E-state index is 13.6. The van der Waals surface area contributed by atoms with Gasteiger partial charge in [-0.3, -0.25) is 24.2 Å². The van der Waals surface area contributed by atoms with Crippen molar-refractivity contribution in [1.82, 2.24) is 9.80 Å². The topological polar surface area (TPSA) is 79.0 Å². The first-order valence-electron chi connectivity index (χ1n) is 10.5. The molecule has 3 fully saturated rings. The molecule has 1 aromatic rings. The maximum Gasteiger partial charge on any atom is 0.250 e. The molecular weight excluding hydrogens is 370 g/mol. The molecule has 29 heavy (non-hydrogen) atoms. The number of ether oxygens (including phenoxy) is 1. The van der Waals surface area contributed by atoms with Gasteiger partial charge in [-0.1, -0.05) is 17.7 Å². The molecule has 5 rings (SSSR count). The molecule has 1 aromatic carbocycles. The lowest BCUT2D eigenvalue weighted by Crippen LogP contribution is -2.54. The minimum Gasteiger partial charge on any atom is -0.385 e. The number of hydrogen-bond donors (Lipinski definition) is 1. The first kappa shape index (κ1) is 18.8. The summed E-state index contributed by atoms with van der Waals surface area (Å²) in [6.07, 6.45) is 2.39. The van der Waals surface area contributed by atoms with E-state index >= 15 is 0 Å². The van der Waals surface area contributed by atoms with E-state index in [4.69, 9.17) is 4.74 Å². The van der Waals surface area contributed by atoms with Gasteiger partial charge in [0.15, 0.2) is 0 Å². The van der Waals surface area contributed by atoms with E-state index in [1.165, 1.54) is 4.90 Å². The summed E-state index contributed by atoms with van der Waals surface area (Å²) < 4.78 is 5.10. The van der Waals surface area contributed by atoms with Gasteiger partial charge in [-0.05, 0) is 45.2 Å². The van der Waals surface area contributed by atoms with Crippen LogP contribution in [0.3, 0.4) is 0 Å². The highest BCUT2D eigenvalue weighted by Crippen LogP contribution is 2.60. The molecule has 154 valence electrons. The van der Waals surface area contributed by atoms with Crippen molar-refractivity contribution in [3.8, 4) is 0 Å². The molecule has 4 aliphatic heterocycles. The molecule has 0 saturated carbocycles. The van der Waals surface area contributed by atoms with Crippen LogP contribution >= 0.6 is 0 Å². The summed E-state index contributed by atoms with van der Waals surface area (Å²) in [5, 5.41) is 3.07. The number of carbonyl (C=O) groups is 3. The van der Waals surface area contributed by atoms with Crippen molar-refractivity contribution in [3.05, 3.63) is 28.8 Å². The summed E-state index contributed by atoms with van der Waals surface area (Å²) in [7, 11) is 1.61. The van der Waals surface area contributed by atoms with Gasteiger partial charge in [-0.2, -0.15) is 0 Å². The molecule has 1 spiro atoms. The molecule has 7 heteroatoms. The monoisotopic (exact) mass is 397 g/mol. The number of amides is 3. The van der Waals surface area contributed by atoms with E-state index in [1.807, 2.05) is 26.0 Å². The second kappa shape index (κ2) is 6.37. The number of anilines is 1. The van der Waals surface area contributed by atoms with Gasteiger partial charge in [0.2, 0.25) is 17.7 Å². The van der Waals surface area contributed by atoms with Crippen molar-refractivity contribution >= 4 is 23.4 Å². The Balaban J connectivity index is 1.66. The lowest BCUT2D eigenvalue weighted by atomic mass is 9.75. The number of carbonyl (C=O) groups excluding carboxylic acids is 3. The largest absolute Gasteiger partial charge is 0.385 e. The first-order chi connectivity index (χ1) is 13.9. The average molecular weight is 397 g/mol. The minimum atomic E-state index is -1.07. The fraction of sp³-hybridized carbons (Fsp3) is 0.591. The van der Waals surface area contributed by atoms with E-state index in [1.54, 1.807) is 7.11 Å². The van der Waals surface area contributed by atoms with Gasteiger partial charge in [0.25, 0.3) is 0 Å². The van der Waals surface area contributed by atoms with E-state index < -0.39 is 17.4 Å². The van der Waals surface area contributed by atoms with Crippen LogP contribution in [0.25, 0.3) is 0 Å². The molecule has 0 bridgehead atoms. The number of methoxy groups -OCH3 is 1. The molecule has 0 aromatic heterocycles. The molecule has 4 aliphatic rings. The molecule has 0 radical (unpaired) electrons. The molecule has 4 unspecified atom stereocenters. The van der Waals surface area contributed by atoms with Crippen molar-refractivity contribution in [2.75, 3.05) is 32.1 Å². The van der Waals surface area contributed by atoms with E-state index in [9.17, 15) is 14.4 Å². The Labute approximate surface area is 170 Å². The summed E-state index contributed by atoms with van der Waals surface area (Å²) in [5.41, 5.74) is 2.67. The molecule has 3 amide bonds. The van der Waals surface area contributed by atoms with Crippen LogP contribution in [-0.2, 0) is 24.7 Å². The van der Waals surface area contributed by atoms with Gasteiger partial charge in [-0.25, -0.2) is 0 Å². The molecule has 4 heterocycles. The SMILES string of the molecule is COCCCN1C(=O)C2C3CCCN3C3(C(=O)Nc4c(C)cc(C)cc43)C2C1=O. The third-order valence-electron chi connectivity index (χ3n) is 7.26. The normalized spacial score (nSPS) is 32.9. The molecule has 3 saturated heterocycles. The van der Waals surface area contributed by atoms with Gasteiger partial charge >= 0.3 is 0 Å². The quantitative estimate of drug-likeness (QED) is 0.616. The van der Waals surface area contributed by atoms with Crippen LogP contribution in [0.2, 0.25) is 0 Å². The predicted molar refractivity (Wildman–Crippen MR) is 106 cm³/mol. The van der Waals surface area contributed by atoms with Crippen molar-refractivity contribution in [3.63, 3.8) is 0 Å². The highest BCUT2D eigenvalue weighted by Gasteiger charge is 2.74. The minimum absolute atomic E-state index is 0.0543. The lowest BCUT2D eigenvalue weighted by molar-refractivity contribution is -0.145. The highest BCUT2D eigenvalue weighted by molar-refractivity contribution is 6.15. The van der Waals surface area contributed by atoms with E-state index in [2.05, 4.69) is 10.2 Å². The summed E-state index contributed by atoms with van der Waals surface area (Å²) in [4.78, 5) is 44.0. The fourth-order valence-corrected chi connectivity index (χ4v) is 6.31. The van der Waals surface area contributed by atoms with Gasteiger partial charge < -0.3 is 10.1 Å². The number of nitrogens with one attached hydrogen (secondary N) is 1. The Morgan fingerprint density at radius 1 is 1.21 bits per heavy atom. The molecule has 4 atom stereocenters. The van der Waals surface area contributed by atoms with Crippen LogP contribution in [0.5, 0.6) is 0 Å². The third-order valence-corrected chi connectivity index (χ3v) is 7.26. The zero-order valence-electron chi connectivity index (χ0n) is 17.2. The highest BCUT2D eigenvalue weighted by atomic mass is 16.5. The van der Waals surface area contributed by atoms with Crippen LogP contribution in [-0.4, -0.2) is 60.4 Å². The Hall–Kier alpha value is -2.25. The number of nitrogens with zero attached hydrogens (tertiary/aromatic N) is 2. The summed E-state index contributed by atoms with van der Waals surface area (Å²) >= 11 is 0.